The number of ketones is 1. The standard InChI is InChI=1S/C28H30N2O7/c1-18(20-8-9-20)30(14-19-6-4-3-5-7-19)25(32)15-29-17-37-28(27(29)34)23-11-10-22(36-16-26(33)35-2)12-21(23)13-24(28)31/h3-7,10-12,18,20H,8-9,13-17H2,1-2H3/t18-,28?/m0/s1. The van der Waals surface area contributed by atoms with Crippen molar-refractivity contribution in [2.24, 2.45) is 5.92 Å². The molecule has 2 aromatic carbocycles. The molecule has 9 heteroatoms. The molecule has 1 saturated carbocycles. The van der Waals surface area contributed by atoms with Crippen molar-refractivity contribution in [2.45, 2.75) is 44.4 Å². The predicted molar refractivity (Wildman–Crippen MR) is 131 cm³/mol. The van der Waals surface area contributed by atoms with Gasteiger partial charge in [-0.2, -0.15) is 0 Å². The van der Waals surface area contributed by atoms with Crippen LogP contribution in [0.15, 0.2) is 48.5 Å². The van der Waals surface area contributed by atoms with Gasteiger partial charge >= 0.3 is 5.97 Å². The third kappa shape index (κ3) is 4.71. The van der Waals surface area contributed by atoms with E-state index in [0.29, 0.717) is 29.3 Å². The smallest absolute Gasteiger partial charge is 0.343 e. The van der Waals surface area contributed by atoms with Crippen molar-refractivity contribution < 1.29 is 33.4 Å². The lowest BCUT2D eigenvalue weighted by atomic mass is 9.94. The van der Waals surface area contributed by atoms with Crippen LogP contribution in [0.25, 0.3) is 0 Å². The maximum atomic E-state index is 13.6. The number of fused-ring (bicyclic) bond motifs is 2. The molecule has 2 amide bonds. The number of ether oxygens (including phenoxy) is 3. The lowest BCUT2D eigenvalue weighted by molar-refractivity contribution is -0.149. The van der Waals surface area contributed by atoms with Crippen molar-refractivity contribution >= 4 is 23.6 Å². The van der Waals surface area contributed by atoms with Crippen LogP contribution in [0.5, 0.6) is 5.75 Å². The van der Waals surface area contributed by atoms with Gasteiger partial charge in [0.2, 0.25) is 11.5 Å². The number of carbonyl (C=O) groups is 4. The highest BCUT2D eigenvalue weighted by molar-refractivity contribution is 6.15. The fourth-order valence-electron chi connectivity index (χ4n) is 5.15. The van der Waals surface area contributed by atoms with Crippen LogP contribution in [-0.2, 0) is 47.2 Å². The van der Waals surface area contributed by atoms with Gasteiger partial charge in [-0.15, -0.1) is 0 Å². The fraction of sp³-hybridized carbons (Fsp3) is 0.429. The summed E-state index contributed by atoms with van der Waals surface area (Å²) in [5.74, 6) is -0.749. The Hall–Kier alpha value is -3.72. The first-order chi connectivity index (χ1) is 17.8. The average Bonchev–Trinajstić information content (AvgIpc) is 3.66. The van der Waals surface area contributed by atoms with E-state index in [9.17, 15) is 19.2 Å². The minimum absolute atomic E-state index is 0.00285. The van der Waals surface area contributed by atoms with Gasteiger partial charge in [0.15, 0.2) is 12.4 Å². The zero-order chi connectivity index (χ0) is 26.2. The lowest BCUT2D eigenvalue weighted by Crippen LogP contribution is -2.48. The summed E-state index contributed by atoms with van der Waals surface area (Å²) in [6.07, 6.45) is 2.17. The highest BCUT2D eigenvalue weighted by atomic mass is 16.6. The van der Waals surface area contributed by atoms with Gasteiger partial charge in [-0.1, -0.05) is 36.4 Å². The quantitative estimate of drug-likeness (QED) is 0.380. The van der Waals surface area contributed by atoms with Gasteiger partial charge in [-0.25, -0.2) is 4.79 Å². The molecule has 1 spiro atoms. The van der Waals surface area contributed by atoms with E-state index in [1.165, 1.54) is 12.0 Å². The molecule has 3 aliphatic rings. The van der Waals surface area contributed by atoms with Crippen molar-refractivity contribution in [1.29, 1.82) is 0 Å². The summed E-state index contributed by atoms with van der Waals surface area (Å²) < 4.78 is 15.9. The molecule has 0 N–H and O–H groups in total. The first-order valence-electron chi connectivity index (χ1n) is 12.5. The summed E-state index contributed by atoms with van der Waals surface area (Å²) in [4.78, 5) is 54.7. The van der Waals surface area contributed by atoms with E-state index in [4.69, 9.17) is 9.47 Å². The van der Waals surface area contributed by atoms with Crippen molar-refractivity contribution in [3.63, 3.8) is 0 Å². The zero-order valence-corrected chi connectivity index (χ0v) is 21.0. The van der Waals surface area contributed by atoms with Gasteiger partial charge in [-0.3, -0.25) is 14.4 Å². The van der Waals surface area contributed by atoms with E-state index in [2.05, 4.69) is 11.7 Å². The van der Waals surface area contributed by atoms with Crippen molar-refractivity contribution in [1.82, 2.24) is 9.80 Å². The Morgan fingerprint density at radius 3 is 2.62 bits per heavy atom. The fourth-order valence-corrected chi connectivity index (χ4v) is 5.15. The molecule has 2 atom stereocenters. The number of esters is 1. The summed E-state index contributed by atoms with van der Waals surface area (Å²) in [6.45, 7) is 1.94. The Labute approximate surface area is 215 Å². The Morgan fingerprint density at radius 2 is 1.92 bits per heavy atom. The molecule has 2 aliphatic carbocycles. The van der Waals surface area contributed by atoms with Crippen LogP contribution in [0.1, 0.15) is 36.5 Å². The number of Topliss-reactive ketones (excluding diaryl/α,β-unsaturated/α-hetero) is 1. The van der Waals surface area contributed by atoms with Crippen molar-refractivity contribution in [3.8, 4) is 5.75 Å². The number of rotatable bonds is 9. The molecule has 5 rings (SSSR count). The van der Waals surface area contributed by atoms with Crippen LogP contribution in [0, 0.1) is 5.92 Å². The molecule has 1 aliphatic heterocycles. The van der Waals surface area contributed by atoms with E-state index in [1.54, 1.807) is 18.2 Å². The summed E-state index contributed by atoms with van der Waals surface area (Å²) in [7, 11) is 1.27. The molecule has 1 heterocycles. The van der Waals surface area contributed by atoms with Crippen molar-refractivity contribution in [2.75, 3.05) is 27.0 Å². The zero-order valence-electron chi connectivity index (χ0n) is 21.0. The van der Waals surface area contributed by atoms with Crippen LogP contribution in [0.2, 0.25) is 0 Å². The van der Waals surface area contributed by atoms with E-state index in [0.717, 1.165) is 18.4 Å². The second kappa shape index (κ2) is 9.97. The van der Waals surface area contributed by atoms with Crippen LogP contribution in [0.4, 0.5) is 0 Å². The average molecular weight is 507 g/mol. The largest absolute Gasteiger partial charge is 0.482 e. The minimum Gasteiger partial charge on any atom is -0.482 e. The number of benzene rings is 2. The molecule has 0 aromatic heterocycles. The number of amides is 2. The van der Waals surface area contributed by atoms with Gasteiger partial charge in [-0.05, 0) is 48.9 Å². The van der Waals surface area contributed by atoms with Gasteiger partial charge in [0.05, 0.1) is 7.11 Å². The molecule has 0 radical (unpaired) electrons. The highest BCUT2D eigenvalue weighted by Gasteiger charge is 2.59. The Balaban J connectivity index is 1.32. The number of hydrogen-bond donors (Lipinski definition) is 0. The normalized spacial score (nSPS) is 21.2. The first-order valence-corrected chi connectivity index (χ1v) is 12.5. The molecule has 37 heavy (non-hydrogen) atoms. The van der Waals surface area contributed by atoms with Gasteiger partial charge in [0, 0.05) is 24.6 Å². The second-order valence-electron chi connectivity index (χ2n) is 9.83. The van der Waals surface area contributed by atoms with E-state index < -0.39 is 17.5 Å². The topological polar surface area (TPSA) is 102 Å². The van der Waals surface area contributed by atoms with Crippen LogP contribution >= 0.6 is 0 Å². The molecule has 2 fully saturated rings. The van der Waals surface area contributed by atoms with Gasteiger partial charge in [0.1, 0.15) is 19.0 Å². The first kappa shape index (κ1) is 25.0. The van der Waals surface area contributed by atoms with Gasteiger partial charge < -0.3 is 24.0 Å². The third-order valence-electron chi connectivity index (χ3n) is 7.45. The maximum absolute atomic E-state index is 13.6. The molecule has 1 unspecified atom stereocenters. The Bertz CT molecular complexity index is 1230. The molecular formula is C28H30N2O7. The van der Waals surface area contributed by atoms with E-state index in [1.807, 2.05) is 35.2 Å². The molecule has 0 bridgehead atoms. The van der Waals surface area contributed by atoms with Crippen LogP contribution in [-0.4, -0.2) is 66.4 Å². The Morgan fingerprint density at radius 1 is 1.16 bits per heavy atom. The van der Waals surface area contributed by atoms with Crippen molar-refractivity contribution in [3.05, 3.63) is 65.2 Å². The molecule has 1 saturated heterocycles. The number of hydrogen-bond acceptors (Lipinski definition) is 7. The van der Waals surface area contributed by atoms with Crippen LogP contribution < -0.4 is 4.74 Å². The second-order valence-corrected chi connectivity index (χ2v) is 9.83. The molecule has 2 aromatic rings. The number of carbonyl (C=O) groups excluding carboxylic acids is 4. The molecular weight excluding hydrogens is 476 g/mol. The lowest BCUT2D eigenvalue weighted by Gasteiger charge is -2.31. The van der Waals surface area contributed by atoms with Crippen LogP contribution in [0.3, 0.4) is 0 Å². The van der Waals surface area contributed by atoms with E-state index >= 15 is 0 Å². The number of methoxy groups -OCH3 is 1. The predicted octanol–water partition coefficient (Wildman–Crippen LogP) is 2.20. The Kier molecular flexibility index (Phi) is 6.72. The molecule has 194 valence electrons. The van der Waals surface area contributed by atoms with Gasteiger partial charge in [0.25, 0.3) is 5.91 Å². The third-order valence-corrected chi connectivity index (χ3v) is 7.45. The summed E-state index contributed by atoms with van der Waals surface area (Å²) in [5, 5.41) is 0. The minimum atomic E-state index is -1.75. The summed E-state index contributed by atoms with van der Waals surface area (Å²) in [5.41, 5.74) is 0.328. The molecule has 9 nitrogen and oxygen atoms in total. The highest BCUT2D eigenvalue weighted by Crippen LogP contribution is 2.43. The van der Waals surface area contributed by atoms with E-state index in [-0.39, 0.29) is 44.0 Å². The number of nitrogens with zero attached hydrogens (tertiary/aromatic N) is 2. The summed E-state index contributed by atoms with van der Waals surface area (Å²) in [6, 6.07) is 14.7. The maximum Gasteiger partial charge on any atom is 0.343 e. The summed E-state index contributed by atoms with van der Waals surface area (Å²) >= 11 is 0. The monoisotopic (exact) mass is 506 g/mol. The SMILES string of the molecule is COC(=O)COc1ccc2c(c1)CC(=O)C21OCN(CC(=O)N(Cc2ccccc2)[C@@H](C)C2CC2)C1=O.